The Hall–Kier alpha value is -2.86. The van der Waals surface area contributed by atoms with Crippen molar-refractivity contribution < 1.29 is 14.3 Å². The lowest BCUT2D eigenvalue weighted by molar-refractivity contribution is -0.123. The lowest BCUT2D eigenvalue weighted by Gasteiger charge is -2.26. The van der Waals surface area contributed by atoms with Gasteiger partial charge in [0.25, 0.3) is 0 Å². The fourth-order valence-electron chi connectivity index (χ4n) is 2.52. The maximum Gasteiger partial charge on any atom is 0.241 e. The zero-order valence-corrected chi connectivity index (χ0v) is 15.4. The average Bonchev–Trinajstić information content (AvgIpc) is 2.67. The number of amides is 2. The second kappa shape index (κ2) is 9.58. The van der Waals surface area contributed by atoms with Crippen LogP contribution in [-0.2, 0) is 9.59 Å². The molecule has 0 aliphatic heterocycles. The summed E-state index contributed by atoms with van der Waals surface area (Å²) in [4.78, 5) is 26.5. The fourth-order valence-corrected chi connectivity index (χ4v) is 2.52. The van der Waals surface area contributed by atoms with Crippen molar-refractivity contribution in [2.24, 2.45) is 0 Å². The Morgan fingerprint density at radius 1 is 1.00 bits per heavy atom. The quantitative estimate of drug-likeness (QED) is 0.764. The van der Waals surface area contributed by atoms with Crippen molar-refractivity contribution in [1.82, 2.24) is 4.90 Å². The van der Waals surface area contributed by atoms with E-state index in [-0.39, 0.29) is 18.4 Å². The SMILES string of the molecule is CCN(CC(=O)Nc1ccc(OC)cc1)C(C)C(=O)Nc1ccccc1. The maximum absolute atomic E-state index is 12.4. The number of para-hydroxylation sites is 1. The minimum absolute atomic E-state index is 0.131. The number of carbonyl (C=O) groups excluding carboxylic acids is 2. The smallest absolute Gasteiger partial charge is 0.241 e. The van der Waals surface area contributed by atoms with Gasteiger partial charge in [-0.1, -0.05) is 25.1 Å². The molecule has 0 saturated heterocycles. The summed E-state index contributed by atoms with van der Waals surface area (Å²) in [7, 11) is 1.59. The monoisotopic (exact) mass is 355 g/mol. The lowest BCUT2D eigenvalue weighted by atomic mass is 10.2. The highest BCUT2D eigenvalue weighted by Gasteiger charge is 2.22. The van der Waals surface area contributed by atoms with Gasteiger partial charge in [0.2, 0.25) is 11.8 Å². The molecular formula is C20H25N3O3. The van der Waals surface area contributed by atoms with Crippen molar-refractivity contribution in [2.45, 2.75) is 19.9 Å². The van der Waals surface area contributed by atoms with Gasteiger partial charge < -0.3 is 15.4 Å². The predicted molar refractivity (Wildman–Crippen MR) is 103 cm³/mol. The van der Waals surface area contributed by atoms with Crippen molar-refractivity contribution in [3.63, 3.8) is 0 Å². The van der Waals surface area contributed by atoms with Crippen LogP contribution in [0.15, 0.2) is 54.6 Å². The topological polar surface area (TPSA) is 70.7 Å². The Morgan fingerprint density at radius 2 is 1.62 bits per heavy atom. The Morgan fingerprint density at radius 3 is 2.19 bits per heavy atom. The summed E-state index contributed by atoms with van der Waals surface area (Å²) in [5.41, 5.74) is 1.43. The highest BCUT2D eigenvalue weighted by atomic mass is 16.5. The molecule has 0 heterocycles. The zero-order chi connectivity index (χ0) is 18.9. The first-order valence-corrected chi connectivity index (χ1v) is 8.57. The number of nitrogens with one attached hydrogen (secondary N) is 2. The third-order valence-corrected chi connectivity index (χ3v) is 4.10. The Bertz CT molecular complexity index is 717. The van der Waals surface area contributed by atoms with Gasteiger partial charge in [-0.05, 0) is 49.9 Å². The van der Waals surface area contributed by atoms with E-state index >= 15 is 0 Å². The second-order valence-electron chi connectivity index (χ2n) is 5.87. The number of carbonyl (C=O) groups is 2. The molecule has 0 spiro atoms. The first kappa shape index (κ1) is 19.5. The molecule has 0 fully saturated rings. The number of likely N-dealkylation sites (N-methyl/N-ethyl adjacent to an activating group) is 1. The Kier molecular flexibility index (Phi) is 7.17. The van der Waals surface area contributed by atoms with E-state index in [1.807, 2.05) is 42.2 Å². The molecule has 6 heteroatoms. The Balaban J connectivity index is 1.91. The van der Waals surface area contributed by atoms with E-state index in [0.29, 0.717) is 12.2 Å². The number of nitrogens with zero attached hydrogens (tertiary/aromatic N) is 1. The van der Waals surface area contributed by atoms with Crippen LogP contribution in [0.3, 0.4) is 0 Å². The van der Waals surface area contributed by atoms with Crippen LogP contribution >= 0.6 is 0 Å². The lowest BCUT2D eigenvalue weighted by Crippen LogP contribution is -2.45. The van der Waals surface area contributed by atoms with Gasteiger partial charge in [0.1, 0.15) is 5.75 Å². The molecule has 2 aromatic rings. The van der Waals surface area contributed by atoms with E-state index in [2.05, 4.69) is 10.6 Å². The summed E-state index contributed by atoms with van der Waals surface area (Å²) in [6, 6.07) is 16.0. The van der Waals surface area contributed by atoms with Gasteiger partial charge in [0, 0.05) is 11.4 Å². The maximum atomic E-state index is 12.4. The number of ether oxygens (including phenoxy) is 1. The van der Waals surface area contributed by atoms with E-state index in [9.17, 15) is 9.59 Å². The summed E-state index contributed by atoms with van der Waals surface area (Å²) in [6.45, 7) is 4.43. The van der Waals surface area contributed by atoms with Gasteiger partial charge in [-0.15, -0.1) is 0 Å². The summed E-state index contributed by atoms with van der Waals surface area (Å²) >= 11 is 0. The van der Waals surface area contributed by atoms with Gasteiger partial charge in [-0.3, -0.25) is 14.5 Å². The van der Waals surface area contributed by atoms with Crippen molar-refractivity contribution >= 4 is 23.2 Å². The molecule has 2 amide bonds. The van der Waals surface area contributed by atoms with Crippen molar-refractivity contribution in [1.29, 1.82) is 0 Å². The van der Waals surface area contributed by atoms with Gasteiger partial charge in [-0.25, -0.2) is 0 Å². The molecule has 0 saturated carbocycles. The molecule has 0 aromatic heterocycles. The minimum atomic E-state index is -0.429. The van der Waals surface area contributed by atoms with Crippen LogP contribution in [0.2, 0.25) is 0 Å². The number of hydrogen-bond acceptors (Lipinski definition) is 4. The van der Waals surface area contributed by atoms with Crippen LogP contribution < -0.4 is 15.4 Å². The Labute approximate surface area is 154 Å². The van der Waals surface area contributed by atoms with E-state index < -0.39 is 6.04 Å². The minimum Gasteiger partial charge on any atom is -0.497 e. The highest BCUT2D eigenvalue weighted by molar-refractivity contribution is 5.96. The molecule has 0 aliphatic carbocycles. The third-order valence-electron chi connectivity index (χ3n) is 4.10. The number of hydrogen-bond donors (Lipinski definition) is 2. The zero-order valence-electron chi connectivity index (χ0n) is 15.4. The second-order valence-corrected chi connectivity index (χ2v) is 5.87. The highest BCUT2D eigenvalue weighted by Crippen LogP contribution is 2.15. The number of rotatable bonds is 8. The summed E-state index contributed by atoms with van der Waals surface area (Å²) in [6.07, 6.45) is 0. The number of methoxy groups -OCH3 is 1. The molecule has 138 valence electrons. The normalized spacial score (nSPS) is 11.7. The molecule has 6 nitrogen and oxygen atoms in total. The third kappa shape index (κ3) is 5.60. The first-order valence-electron chi connectivity index (χ1n) is 8.57. The van der Waals surface area contributed by atoms with Crippen molar-refractivity contribution in [3.05, 3.63) is 54.6 Å². The van der Waals surface area contributed by atoms with Crippen LogP contribution in [0.5, 0.6) is 5.75 Å². The van der Waals surface area contributed by atoms with Crippen LogP contribution in [0.4, 0.5) is 11.4 Å². The fraction of sp³-hybridized carbons (Fsp3) is 0.300. The first-order chi connectivity index (χ1) is 12.5. The van der Waals surface area contributed by atoms with Gasteiger partial charge in [0.05, 0.1) is 19.7 Å². The van der Waals surface area contributed by atoms with Crippen LogP contribution in [0, 0.1) is 0 Å². The molecule has 0 radical (unpaired) electrons. The predicted octanol–water partition coefficient (Wildman–Crippen LogP) is 2.98. The molecule has 0 bridgehead atoms. The standard InChI is InChI=1S/C20H25N3O3/c1-4-23(15(2)20(25)22-16-8-6-5-7-9-16)14-19(24)21-17-10-12-18(26-3)13-11-17/h5-13,15H,4,14H2,1-3H3,(H,21,24)(H,22,25). The van der Waals surface area contributed by atoms with E-state index in [4.69, 9.17) is 4.74 Å². The summed E-state index contributed by atoms with van der Waals surface area (Å²) in [5.74, 6) is 0.413. The number of anilines is 2. The average molecular weight is 355 g/mol. The molecule has 1 unspecified atom stereocenters. The van der Waals surface area contributed by atoms with Gasteiger partial charge in [-0.2, -0.15) is 0 Å². The molecule has 1 atom stereocenters. The van der Waals surface area contributed by atoms with Crippen molar-refractivity contribution in [3.8, 4) is 5.75 Å². The van der Waals surface area contributed by atoms with Crippen molar-refractivity contribution in [2.75, 3.05) is 30.8 Å². The molecule has 2 N–H and O–H groups in total. The molecular weight excluding hydrogens is 330 g/mol. The van der Waals surface area contributed by atoms with E-state index in [1.54, 1.807) is 38.3 Å². The molecule has 0 aliphatic rings. The van der Waals surface area contributed by atoms with E-state index in [1.165, 1.54) is 0 Å². The van der Waals surface area contributed by atoms with E-state index in [0.717, 1.165) is 11.4 Å². The summed E-state index contributed by atoms with van der Waals surface area (Å²) in [5, 5.41) is 5.70. The largest absolute Gasteiger partial charge is 0.497 e. The molecule has 2 aromatic carbocycles. The van der Waals surface area contributed by atoms with Crippen LogP contribution in [-0.4, -0.2) is 43.0 Å². The number of benzene rings is 2. The van der Waals surface area contributed by atoms with Gasteiger partial charge >= 0.3 is 0 Å². The molecule has 26 heavy (non-hydrogen) atoms. The van der Waals surface area contributed by atoms with Crippen LogP contribution in [0.25, 0.3) is 0 Å². The summed E-state index contributed by atoms with van der Waals surface area (Å²) < 4.78 is 5.10. The van der Waals surface area contributed by atoms with Crippen LogP contribution in [0.1, 0.15) is 13.8 Å². The molecule has 2 rings (SSSR count). The van der Waals surface area contributed by atoms with Gasteiger partial charge in [0.15, 0.2) is 0 Å².